The zero-order valence-electron chi connectivity index (χ0n) is 17.8. The Morgan fingerprint density at radius 1 is 0.853 bits per heavy atom. The molecule has 2 aliphatic heterocycles. The van der Waals surface area contributed by atoms with Gasteiger partial charge in [-0.1, -0.05) is 36.4 Å². The fourth-order valence-electron chi connectivity index (χ4n) is 4.23. The lowest BCUT2D eigenvalue weighted by atomic mass is 10.1. The quantitative estimate of drug-likeness (QED) is 0.385. The Hall–Kier alpha value is -4.59. The van der Waals surface area contributed by atoms with Crippen LogP contribution in [0.2, 0.25) is 0 Å². The van der Waals surface area contributed by atoms with Gasteiger partial charge in [-0.3, -0.25) is 4.79 Å². The number of fused-ring (bicyclic) bond motifs is 3. The first-order valence-corrected chi connectivity index (χ1v) is 10.6. The number of rotatable bonds is 4. The minimum atomic E-state index is -0.562. The van der Waals surface area contributed by atoms with Crippen molar-refractivity contribution in [3.8, 4) is 22.6 Å². The first-order chi connectivity index (χ1) is 16.6. The summed E-state index contributed by atoms with van der Waals surface area (Å²) in [5.41, 5.74) is 2.34. The molecule has 8 heteroatoms. The molecule has 3 aromatic carbocycles. The van der Waals surface area contributed by atoms with Crippen molar-refractivity contribution in [1.29, 1.82) is 0 Å². The standard InChI is InChI=1S/C26H17F2N5O/c27-21-6-1-2-8-23(21)33-26(34)20-16-31(25-19(24(20)30-33)5-3-7-22(25)28)15-17-9-11-18(12-10-17)32-14-4-13-29-32/h1-14,16H,15H2. The lowest BCUT2D eigenvalue weighted by Gasteiger charge is -2.15. The van der Waals surface area contributed by atoms with Crippen molar-refractivity contribution in [3.63, 3.8) is 0 Å². The molecule has 0 aliphatic carbocycles. The van der Waals surface area contributed by atoms with E-state index in [1.165, 1.54) is 18.2 Å². The molecule has 2 aliphatic rings. The van der Waals surface area contributed by atoms with Gasteiger partial charge in [0, 0.05) is 30.5 Å². The Labute approximate surface area is 192 Å². The Morgan fingerprint density at radius 3 is 2.41 bits per heavy atom. The van der Waals surface area contributed by atoms with Gasteiger partial charge in [-0.05, 0) is 42.0 Å². The zero-order valence-corrected chi connectivity index (χ0v) is 17.8. The van der Waals surface area contributed by atoms with E-state index in [1.54, 1.807) is 45.9 Å². The van der Waals surface area contributed by atoms with Gasteiger partial charge in [-0.2, -0.15) is 14.9 Å². The first kappa shape index (κ1) is 20.0. The van der Waals surface area contributed by atoms with E-state index in [4.69, 9.17) is 0 Å². The van der Waals surface area contributed by atoms with Gasteiger partial charge in [0.05, 0.1) is 16.8 Å². The van der Waals surface area contributed by atoms with Crippen LogP contribution in [0.1, 0.15) is 5.56 Å². The van der Waals surface area contributed by atoms with Gasteiger partial charge < -0.3 is 4.57 Å². The highest BCUT2D eigenvalue weighted by Gasteiger charge is 2.23. The Morgan fingerprint density at radius 2 is 1.65 bits per heavy atom. The predicted octanol–water partition coefficient (Wildman–Crippen LogP) is 4.80. The lowest BCUT2D eigenvalue weighted by molar-refractivity contribution is 0.609. The summed E-state index contributed by atoms with van der Waals surface area (Å²) in [6.45, 7) is 0.330. The highest BCUT2D eigenvalue weighted by molar-refractivity contribution is 5.94. The summed E-state index contributed by atoms with van der Waals surface area (Å²) >= 11 is 0. The minimum absolute atomic E-state index is 0.0500. The van der Waals surface area contributed by atoms with E-state index in [2.05, 4.69) is 10.2 Å². The van der Waals surface area contributed by atoms with E-state index >= 15 is 4.39 Å². The summed E-state index contributed by atoms with van der Waals surface area (Å²) in [6.07, 6.45) is 5.15. The Bertz CT molecular complexity index is 1670. The van der Waals surface area contributed by atoms with Crippen molar-refractivity contribution in [2.24, 2.45) is 0 Å². The summed E-state index contributed by atoms with van der Waals surface area (Å²) in [4.78, 5) is 13.2. The largest absolute Gasteiger partial charge is 0.340 e. The molecule has 0 spiro atoms. The molecule has 6 rings (SSSR count). The van der Waals surface area contributed by atoms with Crippen LogP contribution in [0, 0.1) is 11.6 Å². The summed E-state index contributed by atoms with van der Waals surface area (Å²) in [6, 6.07) is 20.2. The molecule has 0 radical (unpaired) electrons. The third kappa shape index (κ3) is 3.19. The number of pyridine rings is 1. The van der Waals surface area contributed by atoms with Crippen LogP contribution in [0.4, 0.5) is 8.78 Å². The molecule has 0 saturated heterocycles. The molecule has 0 N–H and O–H groups in total. The maximum Gasteiger partial charge on any atom is 0.282 e. The van der Waals surface area contributed by atoms with Gasteiger partial charge in [0.15, 0.2) is 0 Å². The molecule has 34 heavy (non-hydrogen) atoms. The van der Waals surface area contributed by atoms with Gasteiger partial charge in [-0.25, -0.2) is 13.5 Å². The number of halogens is 2. The van der Waals surface area contributed by atoms with Crippen LogP contribution >= 0.6 is 0 Å². The van der Waals surface area contributed by atoms with Crippen molar-refractivity contribution < 1.29 is 8.78 Å². The average Bonchev–Trinajstić information content (AvgIpc) is 3.49. The summed E-state index contributed by atoms with van der Waals surface area (Å²) in [5, 5.41) is 9.08. The van der Waals surface area contributed by atoms with Gasteiger partial charge in [0.2, 0.25) is 0 Å². The van der Waals surface area contributed by atoms with Crippen LogP contribution in [-0.4, -0.2) is 24.1 Å². The lowest BCUT2D eigenvalue weighted by Crippen LogP contribution is -2.16. The van der Waals surface area contributed by atoms with E-state index in [1.807, 2.05) is 36.5 Å². The highest BCUT2D eigenvalue weighted by atomic mass is 19.1. The number of aromatic nitrogens is 5. The maximum atomic E-state index is 15.0. The molecule has 6 nitrogen and oxygen atoms in total. The molecule has 0 fully saturated rings. The van der Waals surface area contributed by atoms with E-state index in [0.29, 0.717) is 23.1 Å². The third-order valence-corrected chi connectivity index (χ3v) is 5.83. The van der Waals surface area contributed by atoms with Gasteiger partial charge in [0.25, 0.3) is 5.56 Å². The van der Waals surface area contributed by atoms with Crippen LogP contribution in [0.5, 0.6) is 0 Å². The number of hydrogen-bond acceptors (Lipinski definition) is 3. The molecule has 0 saturated carbocycles. The smallest absolute Gasteiger partial charge is 0.282 e. The minimum Gasteiger partial charge on any atom is -0.340 e. The third-order valence-electron chi connectivity index (χ3n) is 5.83. The molecule has 0 atom stereocenters. The summed E-state index contributed by atoms with van der Waals surface area (Å²) < 4.78 is 33.9. The monoisotopic (exact) mass is 453 g/mol. The number of para-hydroxylation sites is 2. The number of hydrogen-bond donors (Lipinski definition) is 0. The van der Waals surface area contributed by atoms with Gasteiger partial charge in [0.1, 0.15) is 23.0 Å². The molecule has 166 valence electrons. The fraction of sp³-hybridized carbons (Fsp3) is 0.0385. The molecular weight excluding hydrogens is 436 g/mol. The molecule has 3 heterocycles. The fourth-order valence-corrected chi connectivity index (χ4v) is 4.23. The Balaban J connectivity index is 1.51. The first-order valence-electron chi connectivity index (χ1n) is 10.6. The van der Waals surface area contributed by atoms with Crippen molar-refractivity contribution >= 4 is 10.9 Å². The van der Waals surface area contributed by atoms with Gasteiger partial charge in [-0.15, -0.1) is 0 Å². The van der Waals surface area contributed by atoms with Crippen LogP contribution in [0.3, 0.4) is 0 Å². The van der Waals surface area contributed by atoms with Crippen LogP contribution < -0.4 is 5.56 Å². The molecular formula is C26H17F2N5O. The normalized spacial score (nSPS) is 11.5. The maximum absolute atomic E-state index is 15.0. The predicted molar refractivity (Wildman–Crippen MR) is 125 cm³/mol. The van der Waals surface area contributed by atoms with Gasteiger partial charge >= 0.3 is 0 Å². The number of benzene rings is 3. The zero-order chi connectivity index (χ0) is 23.2. The second kappa shape index (κ2) is 7.77. The topological polar surface area (TPSA) is 57.6 Å². The van der Waals surface area contributed by atoms with Crippen molar-refractivity contribution in [2.45, 2.75) is 6.54 Å². The molecule has 0 amide bonds. The van der Waals surface area contributed by atoms with Crippen LogP contribution in [-0.2, 0) is 6.54 Å². The van der Waals surface area contributed by atoms with E-state index in [-0.39, 0.29) is 11.3 Å². The second-order valence-electron chi connectivity index (χ2n) is 7.94. The SMILES string of the molecule is O=c1c2cn(Cc3ccc(-n4cccn4)cc3)c3c(F)cccc3c-2nn1-c1ccccc1F. The van der Waals surface area contributed by atoms with E-state index in [9.17, 15) is 9.18 Å². The molecule has 0 bridgehead atoms. The van der Waals surface area contributed by atoms with Crippen molar-refractivity contribution in [1.82, 2.24) is 24.1 Å². The van der Waals surface area contributed by atoms with Crippen molar-refractivity contribution in [2.75, 3.05) is 0 Å². The molecule has 1 aromatic heterocycles. The van der Waals surface area contributed by atoms with E-state index in [0.717, 1.165) is 15.9 Å². The van der Waals surface area contributed by atoms with Crippen molar-refractivity contribution in [3.05, 3.63) is 119 Å². The van der Waals surface area contributed by atoms with E-state index < -0.39 is 17.2 Å². The van der Waals surface area contributed by atoms with Crippen LogP contribution in [0.15, 0.2) is 96.2 Å². The second-order valence-corrected chi connectivity index (χ2v) is 7.94. The van der Waals surface area contributed by atoms with Crippen LogP contribution in [0.25, 0.3) is 33.5 Å². The summed E-state index contributed by atoms with van der Waals surface area (Å²) in [7, 11) is 0. The summed E-state index contributed by atoms with van der Waals surface area (Å²) in [5.74, 6) is -0.992. The average molecular weight is 453 g/mol. The Kier molecular flexibility index (Phi) is 4.58. The number of nitrogens with zero attached hydrogens (tertiary/aromatic N) is 5. The highest BCUT2D eigenvalue weighted by Crippen LogP contribution is 2.30. The molecule has 0 unspecified atom stereocenters. The molecule has 4 aromatic rings.